The third-order valence-electron chi connectivity index (χ3n) is 1.52. The van der Waals surface area contributed by atoms with Crippen LogP contribution in [-0.4, -0.2) is 27.5 Å². The standard InChI is InChI=1S/C7H13N3O/c8-6-7(11)2-5-10-4-1-3-9-10/h1,3-4,7,11H,2,5-6,8H2. The Kier molecular flexibility index (Phi) is 3.07. The van der Waals surface area contributed by atoms with E-state index >= 15 is 0 Å². The smallest absolute Gasteiger partial charge is 0.0680 e. The van der Waals surface area contributed by atoms with E-state index in [-0.39, 0.29) is 0 Å². The molecule has 1 aromatic heterocycles. The maximum atomic E-state index is 9.09. The monoisotopic (exact) mass is 155 g/mol. The van der Waals surface area contributed by atoms with E-state index in [2.05, 4.69) is 5.10 Å². The fraction of sp³-hybridized carbons (Fsp3) is 0.571. The Labute approximate surface area is 65.6 Å². The Balaban J connectivity index is 2.23. The van der Waals surface area contributed by atoms with Gasteiger partial charge in [-0.3, -0.25) is 4.68 Å². The number of aliphatic hydroxyl groups is 1. The average molecular weight is 155 g/mol. The van der Waals surface area contributed by atoms with Crippen molar-refractivity contribution < 1.29 is 5.11 Å². The molecular weight excluding hydrogens is 142 g/mol. The summed E-state index contributed by atoms with van der Waals surface area (Å²) in [5, 5.41) is 13.1. The summed E-state index contributed by atoms with van der Waals surface area (Å²) >= 11 is 0. The molecule has 1 atom stereocenters. The lowest BCUT2D eigenvalue weighted by Crippen LogP contribution is -2.21. The fourth-order valence-corrected chi connectivity index (χ4v) is 0.832. The van der Waals surface area contributed by atoms with Crippen molar-refractivity contribution >= 4 is 0 Å². The summed E-state index contributed by atoms with van der Waals surface area (Å²) in [6, 6.07) is 1.86. The lowest BCUT2D eigenvalue weighted by molar-refractivity contribution is 0.165. The van der Waals surface area contributed by atoms with Gasteiger partial charge in [0.25, 0.3) is 0 Å². The van der Waals surface area contributed by atoms with E-state index in [9.17, 15) is 0 Å². The van der Waals surface area contributed by atoms with Crippen molar-refractivity contribution in [2.45, 2.75) is 19.1 Å². The molecule has 4 nitrogen and oxygen atoms in total. The van der Waals surface area contributed by atoms with Crippen molar-refractivity contribution in [2.24, 2.45) is 5.73 Å². The summed E-state index contributed by atoms with van der Waals surface area (Å²) < 4.78 is 1.78. The molecule has 0 aromatic carbocycles. The first-order valence-electron chi connectivity index (χ1n) is 3.68. The number of aromatic nitrogens is 2. The summed E-state index contributed by atoms with van der Waals surface area (Å²) in [6.07, 6.45) is 3.84. The zero-order chi connectivity index (χ0) is 8.10. The van der Waals surface area contributed by atoms with Crippen LogP contribution in [-0.2, 0) is 6.54 Å². The summed E-state index contributed by atoms with van der Waals surface area (Å²) in [7, 11) is 0. The topological polar surface area (TPSA) is 64.1 Å². The Morgan fingerprint density at radius 2 is 2.45 bits per heavy atom. The summed E-state index contributed by atoms with van der Waals surface area (Å²) in [5.74, 6) is 0. The van der Waals surface area contributed by atoms with Crippen molar-refractivity contribution in [2.75, 3.05) is 6.54 Å². The van der Waals surface area contributed by atoms with E-state index in [4.69, 9.17) is 10.8 Å². The van der Waals surface area contributed by atoms with Gasteiger partial charge in [-0.15, -0.1) is 0 Å². The number of aliphatic hydroxyl groups excluding tert-OH is 1. The maximum absolute atomic E-state index is 9.09. The summed E-state index contributed by atoms with van der Waals surface area (Å²) in [4.78, 5) is 0. The lowest BCUT2D eigenvalue weighted by Gasteiger charge is -2.06. The second-order valence-corrected chi connectivity index (χ2v) is 2.45. The van der Waals surface area contributed by atoms with E-state index < -0.39 is 6.10 Å². The minimum Gasteiger partial charge on any atom is -0.392 e. The molecule has 0 amide bonds. The molecule has 11 heavy (non-hydrogen) atoms. The number of nitrogens with two attached hydrogens (primary N) is 1. The number of nitrogens with zero attached hydrogens (tertiary/aromatic N) is 2. The van der Waals surface area contributed by atoms with Gasteiger partial charge in [-0.2, -0.15) is 5.10 Å². The van der Waals surface area contributed by atoms with Crippen LogP contribution in [0.15, 0.2) is 18.5 Å². The molecular formula is C7H13N3O. The highest BCUT2D eigenvalue weighted by atomic mass is 16.3. The number of hydrogen-bond donors (Lipinski definition) is 2. The van der Waals surface area contributed by atoms with Gasteiger partial charge < -0.3 is 10.8 Å². The van der Waals surface area contributed by atoms with Crippen molar-refractivity contribution in [1.82, 2.24) is 9.78 Å². The van der Waals surface area contributed by atoms with E-state index in [1.165, 1.54) is 0 Å². The van der Waals surface area contributed by atoms with Crippen LogP contribution >= 0.6 is 0 Å². The fourth-order valence-electron chi connectivity index (χ4n) is 0.832. The number of aryl methyl sites for hydroxylation is 1. The van der Waals surface area contributed by atoms with Gasteiger partial charge in [0.1, 0.15) is 0 Å². The maximum Gasteiger partial charge on any atom is 0.0680 e. The predicted molar refractivity (Wildman–Crippen MR) is 41.9 cm³/mol. The van der Waals surface area contributed by atoms with Gasteiger partial charge in [0.2, 0.25) is 0 Å². The van der Waals surface area contributed by atoms with Gasteiger partial charge in [0, 0.05) is 25.5 Å². The van der Waals surface area contributed by atoms with Gasteiger partial charge in [-0.05, 0) is 12.5 Å². The molecule has 62 valence electrons. The van der Waals surface area contributed by atoms with Gasteiger partial charge >= 0.3 is 0 Å². The molecule has 0 aliphatic carbocycles. The normalized spacial score (nSPS) is 13.3. The van der Waals surface area contributed by atoms with Gasteiger partial charge in [-0.25, -0.2) is 0 Å². The summed E-state index contributed by atoms with van der Waals surface area (Å²) in [5.41, 5.74) is 5.23. The zero-order valence-electron chi connectivity index (χ0n) is 6.35. The largest absolute Gasteiger partial charge is 0.392 e. The van der Waals surface area contributed by atoms with Gasteiger partial charge in [0.15, 0.2) is 0 Å². The summed E-state index contributed by atoms with van der Waals surface area (Å²) in [6.45, 7) is 1.05. The van der Waals surface area contributed by atoms with Crippen molar-refractivity contribution in [3.05, 3.63) is 18.5 Å². The molecule has 0 radical (unpaired) electrons. The predicted octanol–water partition coefficient (Wildman–Crippen LogP) is -0.407. The lowest BCUT2D eigenvalue weighted by atomic mass is 10.2. The number of hydrogen-bond acceptors (Lipinski definition) is 3. The second-order valence-electron chi connectivity index (χ2n) is 2.45. The van der Waals surface area contributed by atoms with Crippen LogP contribution in [0.3, 0.4) is 0 Å². The Morgan fingerprint density at radius 3 is 3.00 bits per heavy atom. The number of rotatable bonds is 4. The third-order valence-corrected chi connectivity index (χ3v) is 1.52. The Morgan fingerprint density at radius 1 is 1.64 bits per heavy atom. The molecule has 1 heterocycles. The molecule has 0 spiro atoms. The highest BCUT2D eigenvalue weighted by molar-refractivity contribution is 4.77. The van der Waals surface area contributed by atoms with Gasteiger partial charge in [0.05, 0.1) is 6.10 Å². The molecule has 0 bridgehead atoms. The molecule has 0 saturated carbocycles. The Hall–Kier alpha value is -0.870. The molecule has 0 fully saturated rings. The zero-order valence-corrected chi connectivity index (χ0v) is 6.35. The quantitative estimate of drug-likeness (QED) is 0.621. The third kappa shape index (κ3) is 2.69. The second kappa shape index (κ2) is 4.10. The Bertz CT molecular complexity index is 186. The SMILES string of the molecule is NCC(O)CCn1cccn1. The highest BCUT2D eigenvalue weighted by Crippen LogP contribution is 1.93. The van der Waals surface area contributed by atoms with Crippen molar-refractivity contribution in [3.8, 4) is 0 Å². The minimum absolute atomic E-state index is 0.321. The van der Waals surface area contributed by atoms with E-state index in [1.54, 1.807) is 10.9 Å². The molecule has 1 aromatic rings. The first kappa shape index (κ1) is 8.23. The highest BCUT2D eigenvalue weighted by Gasteiger charge is 2.00. The van der Waals surface area contributed by atoms with Crippen LogP contribution in [0.4, 0.5) is 0 Å². The van der Waals surface area contributed by atoms with Crippen molar-refractivity contribution in [3.63, 3.8) is 0 Å². The molecule has 4 heteroatoms. The van der Waals surface area contributed by atoms with Crippen LogP contribution in [0.5, 0.6) is 0 Å². The molecule has 0 aliphatic rings. The van der Waals surface area contributed by atoms with E-state index in [1.807, 2.05) is 12.3 Å². The van der Waals surface area contributed by atoms with Crippen LogP contribution in [0.25, 0.3) is 0 Å². The van der Waals surface area contributed by atoms with E-state index in [0.717, 1.165) is 6.54 Å². The average Bonchev–Trinajstić information content (AvgIpc) is 2.52. The minimum atomic E-state index is -0.404. The molecule has 1 unspecified atom stereocenters. The van der Waals surface area contributed by atoms with Crippen LogP contribution in [0, 0.1) is 0 Å². The first-order chi connectivity index (χ1) is 5.33. The van der Waals surface area contributed by atoms with Crippen LogP contribution < -0.4 is 5.73 Å². The van der Waals surface area contributed by atoms with E-state index in [0.29, 0.717) is 13.0 Å². The molecule has 0 aliphatic heterocycles. The van der Waals surface area contributed by atoms with Crippen molar-refractivity contribution in [1.29, 1.82) is 0 Å². The molecule has 1 rings (SSSR count). The van der Waals surface area contributed by atoms with Crippen LogP contribution in [0.2, 0.25) is 0 Å². The first-order valence-corrected chi connectivity index (χ1v) is 3.68. The van der Waals surface area contributed by atoms with Gasteiger partial charge in [-0.1, -0.05) is 0 Å². The molecule has 3 N–H and O–H groups in total. The molecule has 0 saturated heterocycles. The van der Waals surface area contributed by atoms with Crippen LogP contribution in [0.1, 0.15) is 6.42 Å².